The molecule has 0 fully saturated rings. The second kappa shape index (κ2) is 7.78. The first-order valence-electron chi connectivity index (χ1n) is 8.57. The Kier molecular flexibility index (Phi) is 5.04. The number of benzene rings is 2. The van der Waals surface area contributed by atoms with Crippen LogP contribution >= 0.6 is 0 Å². The maximum absolute atomic E-state index is 12.4. The molecule has 2 aromatic heterocycles. The van der Waals surface area contributed by atoms with Gasteiger partial charge in [0.05, 0.1) is 0 Å². The Balaban J connectivity index is 1.69. The van der Waals surface area contributed by atoms with Crippen molar-refractivity contribution in [3.63, 3.8) is 0 Å². The number of carbonyl (C=O) groups excluding carboxylic acids is 1. The third-order valence-corrected chi connectivity index (χ3v) is 5.28. The predicted octanol–water partition coefficient (Wildman–Crippen LogP) is 2.21. The molecule has 4 aromatic rings. The fourth-order valence-corrected chi connectivity index (χ4v) is 3.76. The van der Waals surface area contributed by atoms with Gasteiger partial charge in [-0.25, -0.2) is 0 Å². The SMILES string of the molecule is COc1ccc(-c2ccc(C(=O)Nc3ccccn3)cc2)c2c([AsH2])ncnc12. The quantitative estimate of drug-likeness (QED) is 0.501. The number of fused-ring (bicyclic) bond motifs is 1. The van der Waals surface area contributed by atoms with Crippen LogP contribution in [0.2, 0.25) is 0 Å². The monoisotopic (exact) mass is 432 g/mol. The summed E-state index contributed by atoms with van der Waals surface area (Å²) in [4.78, 5) is 25.3. The zero-order chi connectivity index (χ0) is 19.5. The topological polar surface area (TPSA) is 77.0 Å². The van der Waals surface area contributed by atoms with E-state index >= 15 is 0 Å². The molecule has 1 unspecified atom stereocenters. The van der Waals surface area contributed by atoms with Crippen LogP contribution in [0, 0.1) is 0 Å². The second-order valence-corrected chi connectivity index (χ2v) is 7.19. The summed E-state index contributed by atoms with van der Waals surface area (Å²) in [5.41, 5.74) is 3.33. The van der Waals surface area contributed by atoms with E-state index in [2.05, 4.69) is 20.3 Å². The van der Waals surface area contributed by atoms with E-state index in [0.717, 1.165) is 26.5 Å². The fraction of sp³-hybridized carbons (Fsp3) is 0.0476. The van der Waals surface area contributed by atoms with E-state index in [9.17, 15) is 4.79 Å². The molecular formula is C21H17AsN4O2. The number of rotatable bonds is 4. The molecule has 1 amide bonds. The minimum absolute atomic E-state index is 0.201. The molecule has 0 saturated carbocycles. The first kappa shape index (κ1) is 18.1. The molecule has 2 heterocycles. The number of hydrogen-bond donors (Lipinski definition) is 1. The van der Waals surface area contributed by atoms with Crippen LogP contribution in [0.3, 0.4) is 0 Å². The average molecular weight is 432 g/mol. The number of nitrogens with zero attached hydrogens (tertiary/aromatic N) is 3. The number of methoxy groups -OCH3 is 1. The molecular weight excluding hydrogens is 415 g/mol. The van der Waals surface area contributed by atoms with Crippen molar-refractivity contribution < 1.29 is 9.53 Å². The van der Waals surface area contributed by atoms with Crippen LogP contribution in [0.5, 0.6) is 5.75 Å². The normalized spacial score (nSPS) is 10.6. The summed E-state index contributed by atoms with van der Waals surface area (Å²) in [6.07, 6.45) is 3.19. The van der Waals surface area contributed by atoms with Gasteiger partial charge in [0.1, 0.15) is 0 Å². The maximum atomic E-state index is 12.4. The van der Waals surface area contributed by atoms with Gasteiger partial charge >= 0.3 is 164 Å². The van der Waals surface area contributed by atoms with Gasteiger partial charge in [-0.15, -0.1) is 0 Å². The summed E-state index contributed by atoms with van der Waals surface area (Å²) in [6, 6.07) is 16.7. The van der Waals surface area contributed by atoms with Crippen LogP contribution in [0.15, 0.2) is 67.1 Å². The zero-order valence-corrected chi connectivity index (χ0v) is 17.5. The summed E-state index contributed by atoms with van der Waals surface area (Å²) in [5, 5.41) is 3.75. The van der Waals surface area contributed by atoms with Crippen molar-refractivity contribution in [2.75, 3.05) is 12.4 Å². The molecule has 0 saturated heterocycles. The van der Waals surface area contributed by atoms with Gasteiger partial charge in [0.15, 0.2) is 0 Å². The van der Waals surface area contributed by atoms with Crippen molar-refractivity contribution in [3.05, 3.63) is 72.7 Å². The van der Waals surface area contributed by atoms with E-state index in [1.807, 2.05) is 30.3 Å². The molecule has 0 aliphatic carbocycles. The molecule has 0 spiro atoms. The van der Waals surface area contributed by atoms with Gasteiger partial charge in [-0.3, -0.25) is 0 Å². The Morgan fingerprint density at radius 1 is 1.00 bits per heavy atom. The first-order valence-corrected chi connectivity index (χ1v) is 9.78. The van der Waals surface area contributed by atoms with Crippen LogP contribution in [-0.2, 0) is 0 Å². The van der Waals surface area contributed by atoms with E-state index in [4.69, 9.17) is 4.74 Å². The third kappa shape index (κ3) is 3.47. The molecule has 0 radical (unpaired) electrons. The number of carbonyl (C=O) groups is 1. The van der Waals surface area contributed by atoms with E-state index in [0.29, 0.717) is 17.1 Å². The number of amides is 1. The predicted molar refractivity (Wildman–Crippen MR) is 112 cm³/mol. The van der Waals surface area contributed by atoms with Crippen molar-refractivity contribution >= 4 is 44.0 Å². The van der Waals surface area contributed by atoms with Gasteiger partial charge in [-0.05, 0) is 6.07 Å². The zero-order valence-electron chi connectivity index (χ0n) is 15.1. The van der Waals surface area contributed by atoms with Crippen molar-refractivity contribution in [1.29, 1.82) is 0 Å². The number of anilines is 1. The summed E-state index contributed by atoms with van der Waals surface area (Å²) in [5.74, 6) is 1.03. The number of aromatic nitrogens is 3. The number of nitrogens with one attached hydrogen (secondary N) is 1. The number of hydrogen-bond acceptors (Lipinski definition) is 5. The van der Waals surface area contributed by atoms with E-state index < -0.39 is 0 Å². The minimum atomic E-state index is -0.201. The number of pyridine rings is 1. The van der Waals surface area contributed by atoms with Crippen molar-refractivity contribution in [3.8, 4) is 16.9 Å². The Morgan fingerprint density at radius 2 is 1.82 bits per heavy atom. The standard InChI is InChI=1S/C21H17AsN4O2/c1-28-16-10-9-15(18-19(16)24-12-25-20(18)22)13-5-7-14(8-6-13)21(27)26-17-4-2-3-11-23-17/h2-12H,22H2,1H3,(H,23,26,27). The van der Waals surface area contributed by atoms with Crippen LogP contribution in [-0.4, -0.2) is 44.8 Å². The molecule has 1 N–H and O–H groups in total. The molecule has 7 heteroatoms. The molecule has 0 aliphatic heterocycles. The molecule has 138 valence electrons. The van der Waals surface area contributed by atoms with Crippen LogP contribution in [0.4, 0.5) is 5.82 Å². The number of ether oxygens (including phenoxy) is 1. The summed E-state index contributed by atoms with van der Waals surface area (Å²) in [6.45, 7) is 0. The first-order chi connectivity index (χ1) is 13.7. The Hall–Kier alpha value is -3.24. The second-order valence-electron chi connectivity index (χ2n) is 6.04. The third-order valence-electron chi connectivity index (χ3n) is 4.37. The van der Waals surface area contributed by atoms with Gasteiger partial charge in [-0.1, -0.05) is 0 Å². The molecule has 2 aromatic carbocycles. The van der Waals surface area contributed by atoms with Crippen molar-refractivity contribution in [2.24, 2.45) is 0 Å². The van der Waals surface area contributed by atoms with Crippen LogP contribution in [0.25, 0.3) is 22.0 Å². The Morgan fingerprint density at radius 3 is 2.54 bits per heavy atom. The molecule has 0 bridgehead atoms. The molecule has 28 heavy (non-hydrogen) atoms. The van der Waals surface area contributed by atoms with Gasteiger partial charge in [0.2, 0.25) is 0 Å². The summed E-state index contributed by atoms with van der Waals surface area (Å²) < 4.78 is 6.37. The fourth-order valence-electron chi connectivity index (χ4n) is 3.00. The summed E-state index contributed by atoms with van der Waals surface area (Å²) in [7, 11) is 1.63. The van der Waals surface area contributed by atoms with Crippen LogP contribution < -0.4 is 14.5 Å². The van der Waals surface area contributed by atoms with E-state index in [1.54, 1.807) is 43.9 Å². The molecule has 4 rings (SSSR count). The van der Waals surface area contributed by atoms with E-state index in [1.165, 1.54) is 16.9 Å². The van der Waals surface area contributed by atoms with Crippen molar-refractivity contribution in [2.45, 2.75) is 0 Å². The van der Waals surface area contributed by atoms with Crippen LogP contribution in [0.1, 0.15) is 10.4 Å². The van der Waals surface area contributed by atoms with Gasteiger partial charge in [0, 0.05) is 0 Å². The van der Waals surface area contributed by atoms with Crippen molar-refractivity contribution in [1.82, 2.24) is 15.0 Å². The Bertz CT molecular complexity index is 1150. The molecule has 0 aliphatic rings. The molecule has 6 nitrogen and oxygen atoms in total. The average Bonchev–Trinajstić information content (AvgIpc) is 2.74. The van der Waals surface area contributed by atoms with Gasteiger partial charge < -0.3 is 0 Å². The van der Waals surface area contributed by atoms with E-state index in [-0.39, 0.29) is 5.91 Å². The molecule has 1 atom stereocenters. The van der Waals surface area contributed by atoms with Gasteiger partial charge in [0.25, 0.3) is 0 Å². The Labute approximate surface area is 170 Å². The van der Waals surface area contributed by atoms with Gasteiger partial charge in [-0.2, -0.15) is 0 Å². The summed E-state index contributed by atoms with van der Waals surface area (Å²) >= 11 is 1.43.